The summed E-state index contributed by atoms with van der Waals surface area (Å²) in [6, 6.07) is 8.57. The monoisotopic (exact) mass is 424 g/mol. The van der Waals surface area contributed by atoms with E-state index < -0.39 is 0 Å². The van der Waals surface area contributed by atoms with Crippen LogP contribution in [0.25, 0.3) is 0 Å². The highest BCUT2D eigenvalue weighted by Crippen LogP contribution is 2.21. The summed E-state index contributed by atoms with van der Waals surface area (Å²) >= 11 is 9.72. The zero-order valence-electron chi connectivity index (χ0n) is 14.7. The standard InChI is InChI=1S/C19H26BrClN4/c1-2-3-4-11-25-14-24(13-17-18(25)23-19(21)22-17)10-6-8-15-7-5-9-16(20)12-15/h5,7,9,12-13,19,22H,2-4,6,8,10-11,14H2,1H3. The molecule has 1 aromatic carbocycles. The first-order valence-corrected chi connectivity index (χ1v) is 10.3. The molecule has 2 aliphatic rings. The number of aliphatic imine (C=N–C) groups is 1. The van der Waals surface area contributed by atoms with Crippen molar-refractivity contribution in [3.63, 3.8) is 0 Å². The van der Waals surface area contributed by atoms with Gasteiger partial charge >= 0.3 is 0 Å². The van der Waals surface area contributed by atoms with Gasteiger partial charge in [-0.05, 0) is 37.0 Å². The van der Waals surface area contributed by atoms with Crippen molar-refractivity contribution in [3.8, 4) is 0 Å². The second-order valence-electron chi connectivity index (χ2n) is 6.63. The molecular weight excluding hydrogens is 400 g/mol. The van der Waals surface area contributed by atoms with E-state index in [0.29, 0.717) is 0 Å². The van der Waals surface area contributed by atoms with Gasteiger partial charge in [0.25, 0.3) is 0 Å². The van der Waals surface area contributed by atoms with E-state index in [0.717, 1.165) is 48.6 Å². The first kappa shape index (κ1) is 18.6. The number of alkyl halides is 1. The third-order valence-electron chi connectivity index (χ3n) is 4.55. The highest BCUT2D eigenvalue weighted by atomic mass is 79.9. The van der Waals surface area contributed by atoms with Crippen LogP contribution in [0.3, 0.4) is 0 Å². The molecule has 2 aliphatic heterocycles. The average molecular weight is 426 g/mol. The topological polar surface area (TPSA) is 30.9 Å². The van der Waals surface area contributed by atoms with Gasteiger partial charge in [-0.25, -0.2) is 4.99 Å². The Balaban J connectivity index is 1.57. The van der Waals surface area contributed by atoms with Gasteiger partial charge < -0.3 is 15.1 Å². The van der Waals surface area contributed by atoms with Crippen LogP contribution in [-0.2, 0) is 6.42 Å². The Morgan fingerprint density at radius 2 is 2.16 bits per heavy atom. The minimum absolute atomic E-state index is 0.337. The summed E-state index contributed by atoms with van der Waals surface area (Å²) in [5.41, 5.74) is 2.10. The number of nitrogens with zero attached hydrogens (tertiary/aromatic N) is 3. The number of hydrogen-bond donors (Lipinski definition) is 1. The highest BCUT2D eigenvalue weighted by molar-refractivity contribution is 9.10. The molecule has 0 spiro atoms. The van der Waals surface area contributed by atoms with Crippen LogP contribution < -0.4 is 5.32 Å². The van der Waals surface area contributed by atoms with Crippen molar-refractivity contribution in [3.05, 3.63) is 46.2 Å². The summed E-state index contributed by atoms with van der Waals surface area (Å²) in [7, 11) is 0. The van der Waals surface area contributed by atoms with Crippen molar-refractivity contribution in [1.82, 2.24) is 15.1 Å². The third kappa shape index (κ3) is 5.14. The van der Waals surface area contributed by atoms with Gasteiger partial charge in [0, 0.05) is 23.8 Å². The van der Waals surface area contributed by atoms with Gasteiger partial charge in [0.05, 0.1) is 12.4 Å². The first-order valence-electron chi connectivity index (χ1n) is 9.10. The minimum atomic E-state index is -0.337. The number of nitrogens with one attached hydrogen (secondary N) is 1. The molecule has 0 aliphatic carbocycles. The van der Waals surface area contributed by atoms with Crippen molar-refractivity contribution < 1.29 is 0 Å². The molecule has 1 atom stereocenters. The van der Waals surface area contributed by atoms with Crippen molar-refractivity contribution in [2.75, 3.05) is 19.8 Å². The largest absolute Gasteiger partial charge is 0.358 e. The van der Waals surface area contributed by atoms with Crippen molar-refractivity contribution >= 4 is 33.4 Å². The predicted octanol–water partition coefficient (Wildman–Crippen LogP) is 4.51. The average Bonchev–Trinajstić information content (AvgIpc) is 2.95. The second-order valence-corrected chi connectivity index (χ2v) is 7.96. The molecule has 6 heteroatoms. The predicted molar refractivity (Wildman–Crippen MR) is 109 cm³/mol. The van der Waals surface area contributed by atoms with Crippen LogP contribution in [0.1, 0.15) is 38.2 Å². The van der Waals surface area contributed by atoms with Gasteiger partial charge in [-0.2, -0.15) is 0 Å². The molecule has 0 amide bonds. The zero-order chi connectivity index (χ0) is 17.6. The number of hydrogen-bond acceptors (Lipinski definition) is 4. The number of unbranched alkanes of at least 4 members (excludes halogenated alkanes) is 2. The van der Waals surface area contributed by atoms with Gasteiger partial charge in [-0.3, -0.25) is 0 Å². The van der Waals surface area contributed by atoms with E-state index in [1.807, 2.05) is 0 Å². The first-order chi connectivity index (χ1) is 12.2. The summed E-state index contributed by atoms with van der Waals surface area (Å²) in [6.45, 7) is 5.20. The Bertz CT molecular complexity index is 646. The van der Waals surface area contributed by atoms with E-state index in [2.05, 4.69) is 73.4 Å². The van der Waals surface area contributed by atoms with E-state index in [1.54, 1.807) is 0 Å². The summed E-state index contributed by atoms with van der Waals surface area (Å²) < 4.78 is 1.15. The van der Waals surface area contributed by atoms with E-state index in [4.69, 9.17) is 11.6 Å². The Hall–Kier alpha value is -1.20. The number of rotatable bonds is 8. The van der Waals surface area contributed by atoms with Gasteiger partial charge in [-0.1, -0.05) is 59.4 Å². The van der Waals surface area contributed by atoms with E-state index >= 15 is 0 Å². The van der Waals surface area contributed by atoms with Crippen molar-refractivity contribution in [2.24, 2.45) is 4.99 Å². The summed E-state index contributed by atoms with van der Waals surface area (Å²) in [5.74, 6) is 1.03. The van der Waals surface area contributed by atoms with Gasteiger partial charge in [0.15, 0.2) is 11.5 Å². The molecule has 1 aromatic rings. The van der Waals surface area contributed by atoms with Crippen LogP contribution in [-0.4, -0.2) is 41.0 Å². The number of halogens is 2. The molecule has 0 bridgehead atoms. The maximum Gasteiger partial charge on any atom is 0.197 e. The van der Waals surface area contributed by atoms with Crippen LogP contribution in [0, 0.1) is 0 Å². The minimum Gasteiger partial charge on any atom is -0.358 e. The van der Waals surface area contributed by atoms with Crippen LogP contribution in [0.4, 0.5) is 0 Å². The van der Waals surface area contributed by atoms with Crippen molar-refractivity contribution in [1.29, 1.82) is 0 Å². The molecule has 3 rings (SSSR count). The number of amidine groups is 1. The Morgan fingerprint density at radius 3 is 2.96 bits per heavy atom. The SMILES string of the molecule is CCCCCN1CN(CCCc2cccc(Br)c2)C=C2NC(Cl)N=C21. The summed E-state index contributed by atoms with van der Waals surface area (Å²) in [6.07, 6.45) is 8.07. The molecule has 2 heterocycles. The Morgan fingerprint density at radius 1 is 1.28 bits per heavy atom. The fourth-order valence-electron chi connectivity index (χ4n) is 3.30. The Kier molecular flexibility index (Phi) is 6.65. The molecule has 1 unspecified atom stereocenters. The third-order valence-corrected chi connectivity index (χ3v) is 5.25. The molecule has 1 N–H and O–H groups in total. The van der Waals surface area contributed by atoms with Crippen molar-refractivity contribution in [2.45, 2.75) is 44.7 Å². The number of benzene rings is 1. The molecule has 0 fully saturated rings. The van der Waals surface area contributed by atoms with E-state index in [9.17, 15) is 0 Å². The summed E-state index contributed by atoms with van der Waals surface area (Å²) in [5, 5.41) is 3.26. The fourth-order valence-corrected chi connectivity index (χ4v) is 3.96. The van der Waals surface area contributed by atoms with Gasteiger partial charge in [0.2, 0.25) is 0 Å². The van der Waals surface area contributed by atoms with E-state index in [-0.39, 0.29) is 5.62 Å². The molecule has 0 radical (unpaired) electrons. The van der Waals surface area contributed by atoms with Gasteiger partial charge in [-0.15, -0.1) is 0 Å². The molecule has 25 heavy (non-hydrogen) atoms. The summed E-state index contributed by atoms with van der Waals surface area (Å²) in [4.78, 5) is 9.28. The lowest BCUT2D eigenvalue weighted by Gasteiger charge is -2.36. The molecule has 4 nitrogen and oxygen atoms in total. The number of fused-ring (bicyclic) bond motifs is 1. The Labute approximate surface area is 164 Å². The second kappa shape index (κ2) is 8.95. The fraction of sp³-hybridized carbons (Fsp3) is 0.526. The smallest absolute Gasteiger partial charge is 0.197 e. The van der Waals surface area contributed by atoms with Crippen LogP contribution in [0.2, 0.25) is 0 Å². The quantitative estimate of drug-likeness (QED) is 0.377. The van der Waals surface area contributed by atoms with Crippen LogP contribution >= 0.6 is 27.5 Å². The molecule has 0 saturated heterocycles. The lowest BCUT2D eigenvalue weighted by Crippen LogP contribution is -2.45. The van der Waals surface area contributed by atoms with Gasteiger partial charge in [0.1, 0.15) is 0 Å². The molecule has 136 valence electrons. The molecular formula is C19H26BrClN4. The lowest BCUT2D eigenvalue weighted by atomic mass is 10.1. The van der Waals surface area contributed by atoms with Crippen LogP contribution in [0.5, 0.6) is 0 Å². The molecule has 0 saturated carbocycles. The zero-order valence-corrected chi connectivity index (χ0v) is 17.1. The van der Waals surface area contributed by atoms with E-state index in [1.165, 1.54) is 24.8 Å². The maximum absolute atomic E-state index is 6.17. The highest BCUT2D eigenvalue weighted by Gasteiger charge is 2.29. The molecule has 0 aromatic heterocycles. The number of aryl methyl sites for hydroxylation is 1. The maximum atomic E-state index is 6.17. The normalized spacial score (nSPS) is 19.4. The van der Waals surface area contributed by atoms with Crippen LogP contribution in [0.15, 0.2) is 45.6 Å². The lowest BCUT2D eigenvalue weighted by molar-refractivity contribution is 0.230.